The Kier molecular flexibility index (Phi) is 6.19. The van der Waals surface area contributed by atoms with Crippen molar-refractivity contribution in [3.63, 3.8) is 0 Å². The van der Waals surface area contributed by atoms with E-state index in [2.05, 4.69) is 74.2 Å². The fourth-order valence-electron chi connectivity index (χ4n) is 2.31. The minimum atomic E-state index is 0.484. The number of anilines is 1. The lowest BCUT2D eigenvalue weighted by molar-refractivity contribution is 0.922. The second-order valence-electron chi connectivity index (χ2n) is 5.41. The zero-order chi connectivity index (χ0) is 16.5. The first kappa shape index (κ1) is 16.6. The minimum Gasteiger partial charge on any atom is -0.399 e. The van der Waals surface area contributed by atoms with E-state index in [1.54, 1.807) is 6.08 Å². The normalized spacial score (nSPS) is 9.83. The van der Waals surface area contributed by atoms with Crippen LogP contribution in [0.1, 0.15) is 29.5 Å². The van der Waals surface area contributed by atoms with Crippen LogP contribution in [0.15, 0.2) is 91.5 Å². The molecule has 0 aliphatic carbocycles. The highest BCUT2D eigenvalue weighted by Gasteiger charge is 2.05. The summed E-state index contributed by atoms with van der Waals surface area (Å²) in [7, 11) is 0. The third-order valence-electron chi connectivity index (χ3n) is 3.77. The maximum absolute atomic E-state index is 5.45. The number of hydrogen-bond donors (Lipinski definition) is 1. The Bertz CT molecular complexity index is 660. The third-order valence-corrected chi connectivity index (χ3v) is 3.77. The standard InChI is InChI=1S/C14H14.C8H9N/c1-12(13-8-4-2-5-9-13)14-10-6-3-7-11-14;1-2-7-3-5-8(9)6-4-7/h2-12H,1H3;2-6H,1,9H2. The fraction of sp³-hybridized carbons (Fsp3) is 0.0909. The molecule has 0 fully saturated rings. The molecule has 0 radical (unpaired) electrons. The molecule has 3 aromatic carbocycles. The van der Waals surface area contributed by atoms with Crippen LogP contribution in [0.5, 0.6) is 0 Å². The van der Waals surface area contributed by atoms with Gasteiger partial charge in [-0.25, -0.2) is 0 Å². The van der Waals surface area contributed by atoms with Gasteiger partial charge in [-0.3, -0.25) is 0 Å². The Morgan fingerprint density at radius 1 is 0.739 bits per heavy atom. The number of hydrogen-bond acceptors (Lipinski definition) is 1. The SMILES string of the molecule is C=Cc1ccc(N)cc1.CC(c1ccccc1)c1ccccc1. The Balaban J connectivity index is 0.000000185. The summed E-state index contributed by atoms with van der Waals surface area (Å²) >= 11 is 0. The van der Waals surface area contributed by atoms with E-state index < -0.39 is 0 Å². The Labute approximate surface area is 139 Å². The molecule has 0 amide bonds. The molecule has 0 saturated carbocycles. The van der Waals surface area contributed by atoms with E-state index in [0.29, 0.717) is 5.92 Å². The van der Waals surface area contributed by atoms with Crippen molar-refractivity contribution in [2.45, 2.75) is 12.8 Å². The number of benzene rings is 3. The Hall–Kier alpha value is -2.80. The van der Waals surface area contributed by atoms with Crippen LogP contribution in [-0.4, -0.2) is 0 Å². The average molecular weight is 301 g/mol. The molecule has 0 aliphatic rings. The van der Waals surface area contributed by atoms with Crippen molar-refractivity contribution in [2.75, 3.05) is 5.73 Å². The molecular weight excluding hydrogens is 278 g/mol. The molecule has 0 aliphatic heterocycles. The first-order chi connectivity index (χ1) is 11.2. The van der Waals surface area contributed by atoms with Gasteiger partial charge in [0.1, 0.15) is 0 Å². The molecule has 0 spiro atoms. The van der Waals surface area contributed by atoms with Gasteiger partial charge in [-0.05, 0) is 28.8 Å². The third kappa shape index (κ3) is 5.15. The predicted molar refractivity (Wildman–Crippen MR) is 101 cm³/mol. The molecule has 1 heteroatoms. The molecule has 0 heterocycles. The first-order valence-corrected chi connectivity index (χ1v) is 7.78. The van der Waals surface area contributed by atoms with E-state index in [1.165, 1.54) is 11.1 Å². The smallest absolute Gasteiger partial charge is 0.0314 e. The summed E-state index contributed by atoms with van der Waals surface area (Å²) in [5.41, 5.74) is 10.1. The lowest BCUT2D eigenvalue weighted by Gasteiger charge is -2.11. The molecule has 0 unspecified atom stereocenters. The van der Waals surface area contributed by atoms with Crippen molar-refractivity contribution in [3.8, 4) is 0 Å². The molecule has 3 aromatic rings. The lowest BCUT2D eigenvalue weighted by atomic mass is 9.93. The molecule has 23 heavy (non-hydrogen) atoms. The zero-order valence-corrected chi connectivity index (χ0v) is 13.5. The predicted octanol–water partition coefficient (Wildman–Crippen LogP) is 5.75. The topological polar surface area (TPSA) is 26.0 Å². The highest BCUT2D eigenvalue weighted by atomic mass is 14.5. The molecular formula is C22H23N. The summed E-state index contributed by atoms with van der Waals surface area (Å²) in [6.07, 6.45) is 1.79. The van der Waals surface area contributed by atoms with Gasteiger partial charge in [0, 0.05) is 11.6 Å². The molecule has 116 valence electrons. The van der Waals surface area contributed by atoms with Gasteiger partial charge in [-0.1, -0.05) is 92.4 Å². The molecule has 2 N–H and O–H groups in total. The largest absolute Gasteiger partial charge is 0.399 e. The van der Waals surface area contributed by atoms with E-state index in [1.807, 2.05) is 24.3 Å². The quantitative estimate of drug-likeness (QED) is 0.612. The number of nitrogen functional groups attached to an aromatic ring is 1. The summed E-state index contributed by atoms with van der Waals surface area (Å²) in [4.78, 5) is 0. The second-order valence-corrected chi connectivity index (χ2v) is 5.41. The van der Waals surface area contributed by atoms with Crippen molar-refractivity contribution in [2.24, 2.45) is 0 Å². The summed E-state index contributed by atoms with van der Waals surface area (Å²) in [5, 5.41) is 0. The molecule has 0 bridgehead atoms. The van der Waals surface area contributed by atoms with Gasteiger partial charge in [0.05, 0.1) is 0 Å². The maximum Gasteiger partial charge on any atom is 0.0314 e. The Morgan fingerprint density at radius 3 is 1.57 bits per heavy atom. The van der Waals surface area contributed by atoms with Gasteiger partial charge >= 0.3 is 0 Å². The van der Waals surface area contributed by atoms with Crippen LogP contribution >= 0.6 is 0 Å². The van der Waals surface area contributed by atoms with Crippen LogP contribution in [-0.2, 0) is 0 Å². The van der Waals surface area contributed by atoms with Gasteiger partial charge in [0.15, 0.2) is 0 Å². The fourth-order valence-corrected chi connectivity index (χ4v) is 2.31. The van der Waals surface area contributed by atoms with E-state index in [0.717, 1.165) is 11.3 Å². The van der Waals surface area contributed by atoms with E-state index in [9.17, 15) is 0 Å². The highest BCUT2D eigenvalue weighted by molar-refractivity contribution is 5.51. The monoisotopic (exact) mass is 301 g/mol. The molecule has 0 atom stereocenters. The zero-order valence-electron chi connectivity index (χ0n) is 13.5. The van der Waals surface area contributed by atoms with E-state index in [-0.39, 0.29) is 0 Å². The van der Waals surface area contributed by atoms with Crippen LogP contribution in [0.4, 0.5) is 5.69 Å². The van der Waals surface area contributed by atoms with Crippen molar-refractivity contribution in [1.29, 1.82) is 0 Å². The van der Waals surface area contributed by atoms with Crippen molar-refractivity contribution in [3.05, 3.63) is 108 Å². The van der Waals surface area contributed by atoms with Crippen LogP contribution < -0.4 is 5.73 Å². The van der Waals surface area contributed by atoms with Gasteiger partial charge < -0.3 is 5.73 Å². The molecule has 0 aromatic heterocycles. The van der Waals surface area contributed by atoms with Crippen molar-refractivity contribution in [1.82, 2.24) is 0 Å². The summed E-state index contributed by atoms with van der Waals surface area (Å²) in [6, 6.07) is 28.8. The van der Waals surface area contributed by atoms with E-state index >= 15 is 0 Å². The number of nitrogens with two attached hydrogens (primary N) is 1. The first-order valence-electron chi connectivity index (χ1n) is 7.78. The van der Waals surface area contributed by atoms with Crippen molar-refractivity contribution >= 4 is 11.8 Å². The van der Waals surface area contributed by atoms with Crippen molar-refractivity contribution < 1.29 is 0 Å². The van der Waals surface area contributed by atoms with Gasteiger partial charge in [0.25, 0.3) is 0 Å². The minimum absolute atomic E-state index is 0.484. The lowest BCUT2D eigenvalue weighted by Crippen LogP contribution is -1.94. The highest BCUT2D eigenvalue weighted by Crippen LogP contribution is 2.22. The average Bonchev–Trinajstić information content (AvgIpc) is 2.64. The Morgan fingerprint density at radius 2 is 1.17 bits per heavy atom. The van der Waals surface area contributed by atoms with Gasteiger partial charge in [-0.2, -0.15) is 0 Å². The van der Waals surface area contributed by atoms with Crippen LogP contribution in [0.3, 0.4) is 0 Å². The van der Waals surface area contributed by atoms with Crippen LogP contribution in [0, 0.1) is 0 Å². The molecule has 3 rings (SSSR count). The summed E-state index contributed by atoms with van der Waals surface area (Å²) in [5.74, 6) is 0.484. The maximum atomic E-state index is 5.45. The van der Waals surface area contributed by atoms with E-state index in [4.69, 9.17) is 5.73 Å². The van der Waals surface area contributed by atoms with Gasteiger partial charge in [0.2, 0.25) is 0 Å². The summed E-state index contributed by atoms with van der Waals surface area (Å²) < 4.78 is 0. The summed E-state index contributed by atoms with van der Waals surface area (Å²) in [6.45, 7) is 5.86. The molecule has 1 nitrogen and oxygen atoms in total. The van der Waals surface area contributed by atoms with Gasteiger partial charge in [-0.15, -0.1) is 0 Å². The second kappa shape index (κ2) is 8.60. The van der Waals surface area contributed by atoms with Crippen LogP contribution in [0.25, 0.3) is 6.08 Å². The number of rotatable bonds is 3. The molecule has 0 saturated heterocycles. The van der Waals surface area contributed by atoms with Crippen LogP contribution in [0.2, 0.25) is 0 Å².